The zero-order valence-electron chi connectivity index (χ0n) is 12.6. The standard InChI is InChI=1S/C15H17N5O/c1-8-5-6-16-12(9(8)2)13-14-15(19-10(3)18-13)17-7-11(21)20(14)4/h5-6H,7H2,1-4H3,(H,17,18,19). The van der Waals surface area contributed by atoms with Crippen LogP contribution in [0.3, 0.4) is 0 Å². The summed E-state index contributed by atoms with van der Waals surface area (Å²) >= 11 is 0. The number of carbonyl (C=O) groups excluding carboxylic acids is 1. The lowest BCUT2D eigenvalue weighted by Crippen LogP contribution is -2.38. The molecule has 0 atom stereocenters. The second-order valence-electron chi connectivity index (χ2n) is 5.22. The minimum Gasteiger partial charge on any atom is -0.359 e. The number of likely N-dealkylation sites (N-methyl/N-ethyl adjacent to an activating group) is 1. The first-order chi connectivity index (χ1) is 9.99. The van der Waals surface area contributed by atoms with Crippen molar-refractivity contribution >= 4 is 17.4 Å². The summed E-state index contributed by atoms with van der Waals surface area (Å²) in [7, 11) is 1.75. The Labute approximate surface area is 123 Å². The fourth-order valence-corrected chi connectivity index (χ4v) is 2.45. The van der Waals surface area contributed by atoms with E-state index >= 15 is 0 Å². The van der Waals surface area contributed by atoms with Crippen LogP contribution in [0.4, 0.5) is 11.5 Å². The average Bonchev–Trinajstić information content (AvgIpc) is 2.45. The lowest BCUT2D eigenvalue weighted by atomic mass is 10.0. The minimum atomic E-state index is -0.0125. The number of fused-ring (bicyclic) bond motifs is 1. The number of anilines is 2. The molecule has 3 heterocycles. The Balaban J connectivity index is 2.30. The summed E-state index contributed by atoms with van der Waals surface area (Å²) in [4.78, 5) is 27.0. The van der Waals surface area contributed by atoms with Gasteiger partial charge in [-0.25, -0.2) is 9.97 Å². The van der Waals surface area contributed by atoms with E-state index in [1.165, 1.54) is 0 Å². The zero-order valence-corrected chi connectivity index (χ0v) is 12.6. The van der Waals surface area contributed by atoms with Crippen LogP contribution in [-0.2, 0) is 4.79 Å². The molecule has 0 fully saturated rings. The van der Waals surface area contributed by atoms with Crippen LogP contribution in [0.2, 0.25) is 0 Å². The number of aromatic nitrogens is 3. The molecule has 0 aromatic carbocycles. The van der Waals surface area contributed by atoms with Gasteiger partial charge in [0.2, 0.25) is 5.91 Å². The van der Waals surface area contributed by atoms with Crippen LogP contribution < -0.4 is 10.2 Å². The second kappa shape index (κ2) is 4.80. The predicted octanol–water partition coefficient (Wildman–Crippen LogP) is 1.85. The largest absolute Gasteiger partial charge is 0.359 e. The first-order valence-electron chi connectivity index (χ1n) is 6.80. The van der Waals surface area contributed by atoms with Crippen molar-refractivity contribution in [3.05, 3.63) is 29.2 Å². The van der Waals surface area contributed by atoms with E-state index in [0.717, 1.165) is 16.8 Å². The lowest BCUT2D eigenvalue weighted by molar-refractivity contribution is -0.116. The Morgan fingerprint density at radius 1 is 1.19 bits per heavy atom. The summed E-state index contributed by atoms with van der Waals surface area (Å²) in [5.74, 6) is 1.32. The van der Waals surface area contributed by atoms with Crippen LogP contribution in [0.1, 0.15) is 17.0 Å². The molecule has 0 aliphatic carbocycles. The van der Waals surface area contributed by atoms with E-state index in [4.69, 9.17) is 0 Å². The van der Waals surface area contributed by atoms with Gasteiger partial charge in [-0.3, -0.25) is 9.78 Å². The summed E-state index contributed by atoms with van der Waals surface area (Å²) < 4.78 is 0. The van der Waals surface area contributed by atoms with Gasteiger partial charge in [-0.05, 0) is 38.0 Å². The number of aryl methyl sites for hydroxylation is 2. The van der Waals surface area contributed by atoms with Gasteiger partial charge in [0.15, 0.2) is 5.82 Å². The van der Waals surface area contributed by atoms with Crippen LogP contribution in [0.15, 0.2) is 12.3 Å². The molecule has 2 aromatic heterocycles. The van der Waals surface area contributed by atoms with E-state index in [0.29, 0.717) is 23.0 Å². The molecular weight excluding hydrogens is 266 g/mol. The van der Waals surface area contributed by atoms with Crippen molar-refractivity contribution in [1.82, 2.24) is 15.0 Å². The lowest BCUT2D eigenvalue weighted by Gasteiger charge is -2.28. The topological polar surface area (TPSA) is 71.0 Å². The highest BCUT2D eigenvalue weighted by atomic mass is 16.2. The Morgan fingerprint density at radius 3 is 2.71 bits per heavy atom. The molecule has 1 aliphatic rings. The number of carbonyl (C=O) groups is 1. The molecule has 2 aromatic rings. The number of nitrogens with zero attached hydrogens (tertiary/aromatic N) is 4. The summed E-state index contributed by atoms with van der Waals surface area (Å²) in [6.45, 7) is 6.14. The maximum atomic E-state index is 12.0. The molecule has 6 nitrogen and oxygen atoms in total. The number of hydrogen-bond acceptors (Lipinski definition) is 5. The molecule has 0 unspecified atom stereocenters. The molecule has 0 spiro atoms. The summed E-state index contributed by atoms with van der Waals surface area (Å²) in [6.07, 6.45) is 1.76. The van der Waals surface area contributed by atoms with Gasteiger partial charge in [0.25, 0.3) is 0 Å². The number of hydrogen-bond donors (Lipinski definition) is 1. The summed E-state index contributed by atoms with van der Waals surface area (Å²) in [5, 5.41) is 3.06. The molecule has 1 aliphatic heterocycles. The van der Waals surface area contributed by atoms with E-state index in [9.17, 15) is 4.79 Å². The molecule has 6 heteroatoms. The SMILES string of the molecule is Cc1nc2c(c(-c3nccc(C)c3C)n1)N(C)C(=O)CN2. The second-order valence-corrected chi connectivity index (χ2v) is 5.22. The van der Waals surface area contributed by atoms with Gasteiger partial charge in [-0.2, -0.15) is 0 Å². The van der Waals surface area contributed by atoms with Crippen LogP contribution >= 0.6 is 0 Å². The van der Waals surface area contributed by atoms with Gasteiger partial charge in [0.05, 0.1) is 12.2 Å². The van der Waals surface area contributed by atoms with Crippen LogP contribution in [0.25, 0.3) is 11.4 Å². The highest BCUT2D eigenvalue weighted by molar-refractivity contribution is 6.05. The normalized spacial score (nSPS) is 13.9. The molecule has 108 valence electrons. The molecule has 1 N–H and O–H groups in total. The smallest absolute Gasteiger partial charge is 0.246 e. The summed E-state index contributed by atoms with van der Waals surface area (Å²) in [6, 6.07) is 1.96. The van der Waals surface area contributed by atoms with Crippen molar-refractivity contribution in [2.45, 2.75) is 20.8 Å². The van der Waals surface area contributed by atoms with Gasteiger partial charge in [-0.1, -0.05) is 0 Å². The van der Waals surface area contributed by atoms with Crippen LogP contribution in [0.5, 0.6) is 0 Å². The molecular formula is C15H17N5O. The number of rotatable bonds is 1. The van der Waals surface area contributed by atoms with E-state index in [2.05, 4.69) is 20.3 Å². The third-order valence-corrected chi connectivity index (χ3v) is 3.81. The maximum absolute atomic E-state index is 12.0. The van der Waals surface area contributed by atoms with E-state index in [1.54, 1.807) is 18.1 Å². The van der Waals surface area contributed by atoms with E-state index < -0.39 is 0 Å². The number of amides is 1. The van der Waals surface area contributed by atoms with Crippen molar-refractivity contribution in [2.24, 2.45) is 0 Å². The van der Waals surface area contributed by atoms with Crippen molar-refractivity contribution in [2.75, 3.05) is 23.8 Å². The zero-order chi connectivity index (χ0) is 15.1. The van der Waals surface area contributed by atoms with Crippen molar-refractivity contribution in [1.29, 1.82) is 0 Å². The van der Waals surface area contributed by atoms with Gasteiger partial charge < -0.3 is 10.2 Å². The third-order valence-electron chi connectivity index (χ3n) is 3.81. The first kappa shape index (κ1) is 13.5. The van der Waals surface area contributed by atoms with Crippen LogP contribution in [0, 0.1) is 20.8 Å². The highest BCUT2D eigenvalue weighted by Gasteiger charge is 2.28. The third kappa shape index (κ3) is 2.12. The summed E-state index contributed by atoms with van der Waals surface area (Å²) in [5.41, 5.74) is 4.38. The quantitative estimate of drug-likeness (QED) is 0.865. The van der Waals surface area contributed by atoms with Crippen LogP contribution in [-0.4, -0.2) is 34.5 Å². The van der Waals surface area contributed by atoms with E-state index in [-0.39, 0.29) is 12.5 Å². The Kier molecular flexibility index (Phi) is 3.08. The Hall–Kier alpha value is -2.50. The molecule has 0 bridgehead atoms. The number of nitrogens with one attached hydrogen (secondary N) is 1. The van der Waals surface area contributed by atoms with E-state index in [1.807, 2.05) is 26.8 Å². The van der Waals surface area contributed by atoms with Gasteiger partial charge >= 0.3 is 0 Å². The van der Waals surface area contributed by atoms with Crippen molar-refractivity contribution in [3.8, 4) is 11.4 Å². The fraction of sp³-hybridized carbons (Fsp3) is 0.333. The monoisotopic (exact) mass is 283 g/mol. The van der Waals surface area contributed by atoms with Gasteiger partial charge in [0.1, 0.15) is 17.2 Å². The molecule has 21 heavy (non-hydrogen) atoms. The average molecular weight is 283 g/mol. The minimum absolute atomic E-state index is 0.0125. The van der Waals surface area contributed by atoms with Gasteiger partial charge in [0, 0.05) is 13.2 Å². The maximum Gasteiger partial charge on any atom is 0.246 e. The molecule has 1 amide bonds. The fourth-order valence-electron chi connectivity index (χ4n) is 2.45. The first-order valence-corrected chi connectivity index (χ1v) is 6.80. The Morgan fingerprint density at radius 2 is 1.95 bits per heavy atom. The number of pyridine rings is 1. The highest BCUT2D eigenvalue weighted by Crippen LogP contribution is 2.36. The molecule has 0 radical (unpaired) electrons. The Bertz CT molecular complexity index is 741. The molecule has 0 saturated carbocycles. The van der Waals surface area contributed by atoms with Gasteiger partial charge in [-0.15, -0.1) is 0 Å². The predicted molar refractivity (Wildman–Crippen MR) is 81.4 cm³/mol. The van der Waals surface area contributed by atoms with Crippen molar-refractivity contribution in [3.63, 3.8) is 0 Å². The molecule has 0 saturated heterocycles. The van der Waals surface area contributed by atoms with Crippen molar-refractivity contribution < 1.29 is 4.79 Å². The molecule has 3 rings (SSSR count).